The van der Waals surface area contributed by atoms with Crippen LogP contribution in [0.3, 0.4) is 0 Å². The van der Waals surface area contributed by atoms with Gasteiger partial charge in [-0.15, -0.1) is 23.7 Å². The Morgan fingerprint density at radius 3 is 2.64 bits per heavy atom. The second kappa shape index (κ2) is 8.64. The van der Waals surface area contributed by atoms with Crippen molar-refractivity contribution in [2.24, 2.45) is 0 Å². The maximum absolute atomic E-state index is 12.4. The Bertz CT molecular complexity index is 698. The Morgan fingerprint density at radius 1 is 1.32 bits per heavy atom. The van der Waals surface area contributed by atoms with E-state index in [1.54, 1.807) is 18.3 Å². The standard InChI is InChI=1S/C16H19F2N3O2S.ClH/c1-22-14-6-10(2-5-13(14)23-15(17)18)8-21(11-3-4-11)9-12-7-20-16(19)24-12;/h2,5-7,11,15H,3-4,8-9H2,1H3,(H2,19,20);1H. The molecule has 1 aliphatic rings. The molecule has 2 aromatic rings. The van der Waals surface area contributed by atoms with Crippen molar-refractivity contribution in [2.45, 2.75) is 38.6 Å². The zero-order valence-corrected chi connectivity index (χ0v) is 15.3. The van der Waals surface area contributed by atoms with Gasteiger partial charge in [0.15, 0.2) is 16.6 Å². The quantitative estimate of drug-likeness (QED) is 0.739. The normalized spacial score (nSPS) is 13.8. The summed E-state index contributed by atoms with van der Waals surface area (Å²) in [5, 5.41) is 0.566. The molecule has 0 unspecified atom stereocenters. The number of benzene rings is 1. The zero-order valence-electron chi connectivity index (χ0n) is 13.7. The highest BCUT2D eigenvalue weighted by Crippen LogP contribution is 2.34. The molecule has 1 aromatic carbocycles. The third kappa shape index (κ3) is 5.42. The molecule has 0 amide bonds. The molecule has 1 aromatic heterocycles. The summed E-state index contributed by atoms with van der Waals surface area (Å²) in [7, 11) is 1.44. The first kappa shape index (κ1) is 19.7. The molecule has 5 nitrogen and oxygen atoms in total. The molecule has 3 rings (SSSR count). The number of thiazole rings is 1. The smallest absolute Gasteiger partial charge is 0.387 e. The fraction of sp³-hybridized carbons (Fsp3) is 0.438. The van der Waals surface area contributed by atoms with Crippen molar-refractivity contribution in [3.63, 3.8) is 0 Å². The first-order chi connectivity index (χ1) is 11.5. The Balaban J connectivity index is 0.00000225. The van der Waals surface area contributed by atoms with E-state index in [1.807, 2.05) is 0 Å². The van der Waals surface area contributed by atoms with E-state index in [4.69, 9.17) is 10.5 Å². The summed E-state index contributed by atoms with van der Waals surface area (Å²) in [4.78, 5) is 7.54. The van der Waals surface area contributed by atoms with Crippen LogP contribution in [0, 0.1) is 0 Å². The lowest BCUT2D eigenvalue weighted by Gasteiger charge is -2.22. The van der Waals surface area contributed by atoms with Crippen molar-refractivity contribution in [1.29, 1.82) is 0 Å². The van der Waals surface area contributed by atoms with Crippen LogP contribution in [-0.2, 0) is 13.1 Å². The molecule has 1 saturated carbocycles. The van der Waals surface area contributed by atoms with Gasteiger partial charge in [-0.05, 0) is 30.5 Å². The van der Waals surface area contributed by atoms with Gasteiger partial charge in [0, 0.05) is 30.2 Å². The monoisotopic (exact) mass is 391 g/mol. The lowest BCUT2D eigenvalue weighted by Crippen LogP contribution is -2.24. The summed E-state index contributed by atoms with van der Waals surface area (Å²) in [5.74, 6) is 0.357. The van der Waals surface area contributed by atoms with Crippen LogP contribution in [0.2, 0.25) is 0 Å². The third-order valence-corrected chi connectivity index (χ3v) is 4.63. The number of hydrogen-bond acceptors (Lipinski definition) is 6. The highest BCUT2D eigenvalue weighted by atomic mass is 35.5. The topological polar surface area (TPSA) is 60.6 Å². The van der Waals surface area contributed by atoms with Crippen LogP contribution in [0.4, 0.5) is 13.9 Å². The number of hydrogen-bond donors (Lipinski definition) is 1. The number of nitrogen functional groups attached to an aromatic ring is 1. The summed E-state index contributed by atoms with van der Waals surface area (Å²) < 4.78 is 34.4. The summed E-state index contributed by atoms with van der Waals surface area (Å²) in [5.41, 5.74) is 6.67. The van der Waals surface area contributed by atoms with Crippen molar-refractivity contribution in [1.82, 2.24) is 9.88 Å². The summed E-state index contributed by atoms with van der Waals surface area (Å²) in [6.07, 6.45) is 4.13. The fourth-order valence-electron chi connectivity index (χ4n) is 2.59. The van der Waals surface area contributed by atoms with E-state index < -0.39 is 6.61 Å². The highest BCUT2D eigenvalue weighted by Gasteiger charge is 2.29. The van der Waals surface area contributed by atoms with E-state index in [-0.39, 0.29) is 18.2 Å². The zero-order chi connectivity index (χ0) is 17.1. The molecule has 25 heavy (non-hydrogen) atoms. The first-order valence-corrected chi connectivity index (χ1v) is 8.42. The van der Waals surface area contributed by atoms with Gasteiger partial charge in [-0.25, -0.2) is 4.98 Å². The van der Waals surface area contributed by atoms with Crippen molar-refractivity contribution >= 4 is 28.9 Å². The van der Waals surface area contributed by atoms with E-state index in [9.17, 15) is 8.78 Å². The molecule has 1 heterocycles. The second-order valence-electron chi connectivity index (χ2n) is 5.66. The van der Waals surface area contributed by atoms with Gasteiger partial charge in [0.25, 0.3) is 0 Å². The predicted molar refractivity (Wildman–Crippen MR) is 95.7 cm³/mol. The molecule has 138 valence electrons. The molecule has 1 fully saturated rings. The van der Waals surface area contributed by atoms with E-state index in [0.29, 0.717) is 23.5 Å². The molecule has 0 aliphatic heterocycles. The van der Waals surface area contributed by atoms with E-state index in [1.165, 1.54) is 24.5 Å². The van der Waals surface area contributed by atoms with Gasteiger partial charge in [-0.2, -0.15) is 8.78 Å². The molecule has 0 radical (unpaired) electrons. The minimum atomic E-state index is -2.87. The van der Waals surface area contributed by atoms with Gasteiger partial charge in [0.2, 0.25) is 0 Å². The number of aromatic nitrogens is 1. The Hall–Kier alpha value is -1.64. The maximum Gasteiger partial charge on any atom is 0.387 e. The minimum Gasteiger partial charge on any atom is -0.493 e. The SMILES string of the molecule is COc1cc(CN(Cc2cnc(N)s2)C2CC2)ccc1OC(F)F.Cl. The average Bonchev–Trinajstić information content (AvgIpc) is 3.31. The first-order valence-electron chi connectivity index (χ1n) is 7.61. The van der Waals surface area contributed by atoms with Crippen molar-refractivity contribution in [2.75, 3.05) is 12.8 Å². The number of rotatable bonds is 8. The van der Waals surface area contributed by atoms with Crippen molar-refractivity contribution < 1.29 is 18.3 Å². The Morgan fingerprint density at radius 2 is 2.08 bits per heavy atom. The van der Waals surface area contributed by atoms with Gasteiger partial charge in [0.05, 0.1) is 7.11 Å². The number of alkyl halides is 2. The van der Waals surface area contributed by atoms with Crippen molar-refractivity contribution in [3.8, 4) is 11.5 Å². The molecule has 1 aliphatic carbocycles. The molecule has 2 N–H and O–H groups in total. The van der Waals surface area contributed by atoms with Crippen LogP contribution in [0.25, 0.3) is 0 Å². The molecule has 9 heteroatoms. The average molecular weight is 392 g/mol. The molecular weight excluding hydrogens is 372 g/mol. The second-order valence-corrected chi connectivity index (χ2v) is 6.81. The molecule has 0 atom stereocenters. The van der Waals surface area contributed by atoms with Gasteiger partial charge in [0.1, 0.15) is 0 Å². The van der Waals surface area contributed by atoms with Gasteiger partial charge < -0.3 is 15.2 Å². The fourth-order valence-corrected chi connectivity index (χ4v) is 3.30. The summed E-state index contributed by atoms with van der Waals surface area (Å²) in [6, 6.07) is 5.59. The lowest BCUT2D eigenvalue weighted by atomic mass is 10.2. The van der Waals surface area contributed by atoms with Crippen LogP contribution < -0.4 is 15.2 Å². The molecule has 0 saturated heterocycles. The van der Waals surface area contributed by atoms with E-state index in [0.717, 1.165) is 29.8 Å². The predicted octanol–water partition coefficient (Wildman–Crippen LogP) is 3.92. The van der Waals surface area contributed by atoms with E-state index in [2.05, 4.69) is 14.6 Å². The molecular formula is C16H20ClF2N3O2S. The third-order valence-electron chi connectivity index (χ3n) is 3.82. The van der Waals surface area contributed by atoms with Crippen LogP contribution >= 0.6 is 23.7 Å². The molecule has 0 bridgehead atoms. The summed E-state index contributed by atoms with van der Waals surface area (Å²) in [6.45, 7) is -1.39. The van der Waals surface area contributed by atoms with Gasteiger partial charge in [-0.1, -0.05) is 6.07 Å². The largest absolute Gasteiger partial charge is 0.493 e. The number of anilines is 1. The maximum atomic E-state index is 12.4. The van der Waals surface area contributed by atoms with Crippen LogP contribution in [0.1, 0.15) is 23.3 Å². The van der Waals surface area contributed by atoms with Crippen molar-refractivity contribution in [3.05, 3.63) is 34.8 Å². The van der Waals surface area contributed by atoms with Gasteiger partial charge in [-0.3, -0.25) is 4.90 Å². The number of halogens is 3. The van der Waals surface area contributed by atoms with Crippen LogP contribution in [0.15, 0.2) is 24.4 Å². The number of methoxy groups -OCH3 is 1. The number of nitrogens with two attached hydrogens (primary N) is 1. The Kier molecular flexibility index (Phi) is 6.80. The molecule has 0 spiro atoms. The minimum absolute atomic E-state index is 0. The van der Waals surface area contributed by atoms with Crippen LogP contribution in [-0.4, -0.2) is 29.6 Å². The number of ether oxygens (including phenoxy) is 2. The lowest BCUT2D eigenvalue weighted by molar-refractivity contribution is -0.0512. The highest BCUT2D eigenvalue weighted by molar-refractivity contribution is 7.15. The Labute approximate surface area is 155 Å². The van der Waals surface area contributed by atoms with E-state index >= 15 is 0 Å². The summed E-state index contributed by atoms with van der Waals surface area (Å²) >= 11 is 1.49. The van der Waals surface area contributed by atoms with Gasteiger partial charge >= 0.3 is 6.61 Å². The number of nitrogens with zero attached hydrogens (tertiary/aromatic N) is 2. The van der Waals surface area contributed by atoms with Crippen LogP contribution in [0.5, 0.6) is 11.5 Å².